The third-order valence-corrected chi connectivity index (χ3v) is 2.13. The van der Waals surface area contributed by atoms with Crippen LogP contribution in [0.25, 0.3) is 0 Å². The van der Waals surface area contributed by atoms with Gasteiger partial charge in [-0.3, -0.25) is 4.79 Å². The van der Waals surface area contributed by atoms with Crippen LogP contribution in [-0.2, 0) is 9.53 Å². The van der Waals surface area contributed by atoms with Crippen LogP contribution >= 0.6 is 0 Å². The fraction of sp³-hybridized carbons (Fsp3) is 0.273. The number of carbonyl (C=O) groups excluding carboxylic acids is 2. The van der Waals surface area contributed by atoms with Crippen LogP contribution in [0.2, 0.25) is 0 Å². The average molecular weight is 312 g/mol. The molecule has 0 radical (unpaired) electrons. The maximum absolute atomic E-state index is 12.9. The number of nitrogen functional groups attached to an aromatic ring is 1. The van der Waals surface area contributed by atoms with Crippen molar-refractivity contribution >= 4 is 17.6 Å². The summed E-state index contributed by atoms with van der Waals surface area (Å²) in [6.07, 6.45) is -4.61. The molecule has 0 fully saturated rings. The first kappa shape index (κ1) is 16.7. The Morgan fingerprint density at radius 3 is 2.33 bits per heavy atom. The summed E-state index contributed by atoms with van der Waals surface area (Å²) in [7, 11) is 0. The number of rotatable bonds is 4. The van der Waals surface area contributed by atoms with Crippen LogP contribution in [0.3, 0.4) is 0 Å². The van der Waals surface area contributed by atoms with E-state index in [-0.39, 0.29) is 0 Å². The molecule has 0 atom stereocenters. The number of alkyl halides is 3. The first-order valence-corrected chi connectivity index (χ1v) is 5.35. The number of anilines is 1. The van der Waals surface area contributed by atoms with E-state index in [1.807, 2.05) is 0 Å². The van der Waals surface area contributed by atoms with E-state index in [2.05, 4.69) is 4.74 Å². The Morgan fingerprint density at radius 2 is 1.76 bits per heavy atom. The van der Waals surface area contributed by atoms with Crippen LogP contribution in [0.4, 0.5) is 27.6 Å². The summed E-state index contributed by atoms with van der Waals surface area (Å²) in [6.45, 7) is -2.61. The van der Waals surface area contributed by atoms with E-state index in [1.54, 1.807) is 0 Å². The topological polar surface area (TPSA) is 81.4 Å². The summed E-state index contributed by atoms with van der Waals surface area (Å²) in [4.78, 5) is 22.4. The summed E-state index contributed by atoms with van der Waals surface area (Å²) in [5.41, 5.74) is 4.28. The highest BCUT2D eigenvalue weighted by molar-refractivity contribution is 5.96. The Bertz CT molecular complexity index is 560. The van der Waals surface area contributed by atoms with Gasteiger partial charge in [-0.1, -0.05) is 0 Å². The molecule has 0 spiro atoms. The normalized spacial score (nSPS) is 11.1. The van der Waals surface area contributed by atoms with Gasteiger partial charge in [0, 0.05) is 11.8 Å². The quantitative estimate of drug-likeness (QED) is 0.500. The van der Waals surface area contributed by atoms with Gasteiger partial charge in [0.1, 0.15) is 6.54 Å². The molecule has 21 heavy (non-hydrogen) atoms. The predicted octanol–water partition coefficient (Wildman–Crippen LogP) is 1.38. The van der Waals surface area contributed by atoms with Gasteiger partial charge >= 0.3 is 12.1 Å². The van der Waals surface area contributed by atoms with Gasteiger partial charge in [-0.15, -0.1) is 0 Å². The minimum absolute atomic E-state index is 0.436. The van der Waals surface area contributed by atoms with Gasteiger partial charge in [0.05, 0.1) is 5.56 Å². The van der Waals surface area contributed by atoms with Gasteiger partial charge in [-0.2, -0.15) is 13.2 Å². The molecule has 116 valence electrons. The molecule has 10 heteroatoms. The Morgan fingerprint density at radius 1 is 1.19 bits per heavy atom. The van der Waals surface area contributed by atoms with Crippen molar-refractivity contribution in [1.82, 2.24) is 5.32 Å². The second-order valence-corrected chi connectivity index (χ2v) is 3.82. The summed E-state index contributed by atoms with van der Waals surface area (Å²) in [5.74, 6) is -5.12. The lowest BCUT2D eigenvalue weighted by atomic mass is 10.1. The van der Waals surface area contributed by atoms with E-state index >= 15 is 0 Å². The van der Waals surface area contributed by atoms with Crippen LogP contribution in [-0.4, -0.2) is 31.2 Å². The lowest BCUT2D eigenvalue weighted by Gasteiger charge is -2.09. The van der Waals surface area contributed by atoms with Gasteiger partial charge in [0.15, 0.2) is 18.2 Å². The molecule has 0 bridgehead atoms. The van der Waals surface area contributed by atoms with E-state index < -0.39 is 54.1 Å². The first-order valence-electron chi connectivity index (χ1n) is 5.35. The molecule has 0 aliphatic rings. The van der Waals surface area contributed by atoms with Gasteiger partial charge < -0.3 is 15.8 Å². The predicted molar refractivity (Wildman–Crippen MR) is 60.1 cm³/mol. The molecule has 1 aromatic carbocycles. The standard InChI is InChI=1S/C11H9F5N2O3/c12-6-1-5(8(17)2-7(6)13)10(20)21-3-9(19)18-4-11(14,15)16/h1-2H,3-4,17H2,(H,18,19). The zero-order valence-corrected chi connectivity index (χ0v) is 10.3. The SMILES string of the molecule is Nc1cc(F)c(F)cc1C(=O)OCC(=O)NCC(F)(F)F. The van der Waals surface area contributed by atoms with E-state index in [1.165, 1.54) is 5.32 Å². The summed E-state index contributed by atoms with van der Waals surface area (Å²) < 4.78 is 65.4. The van der Waals surface area contributed by atoms with Crippen LogP contribution in [0.1, 0.15) is 10.4 Å². The molecule has 0 aliphatic carbocycles. The number of halogens is 5. The molecule has 0 aliphatic heterocycles. The molecular formula is C11H9F5N2O3. The molecule has 1 aromatic rings. The highest BCUT2D eigenvalue weighted by Crippen LogP contribution is 2.18. The minimum Gasteiger partial charge on any atom is -0.452 e. The molecule has 5 nitrogen and oxygen atoms in total. The van der Waals surface area contributed by atoms with Crippen molar-refractivity contribution in [2.45, 2.75) is 6.18 Å². The van der Waals surface area contributed by atoms with Crippen molar-refractivity contribution in [2.75, 3.05) is 18.9 Å². The molecule has 0 heterocycles. The number of hydrogen-bond donors (Lipinski definition) is 2. The van der Waals surface area contributed by atoms with Crippen molar-refractivity contribution in [3.05, 3.63) is 29.3 Å². The van der Waals surface area contributed by atoms with E-state index in [0.717, 1.165) is 0 Å². The Balaban J connectivity index is 2.59. The maximum atomic E-state index is 12.9. The molecule has 0 unspecified atom stereocenters. The second-order valence-electron chi connectivity index (χ2n) is 3.82. The van der Waals surface area contributed by atoms with Crippen molar-refractivity contribution < 1.29 is 36.3 Å². The molecule has 0 saturated heterocycles. The zero-order chi connectivity index (χ0) is 16.2. The van der Waals surface area contributed by atoms with Crippen LogP contribution in [0, 0.1) is 11.6 Å². The minimum atomic E-state index is -4.61. The van der Waals surface area contributed by atoms with Gasteiger partial charge in [-0.05, 0) is 6.07 Å². The Hall–Kier alpha value is -2.39. The Kier molecular flexibility index (Phi) is 5.06. The number of ether oxygens (including phenoxy) is 1. The average Bonchev–Trinajstić information content (AvgIpc) is 2.37. The number of benzene rings is 1. The number of nitrogens with two attached hydrogens (primary N) is 1. The monoisotopic (exact) mass is 312 g/mol. The molecule has 1 amide bonds. The molecule has 3 N–H and O–H groups in total. The van der Waals surface area contributed by atoms with Gasteiger partial charge in [-0.25, -0.2) is 13.6 Å². The lowest BCUT2D eigenvalue weighted by Crippen LogP contribution is -2.36. The third kappa shape index (κ3) is 5.24. The molecule has 1 rings (SSSR count). The number of hydrogen-bond acceptors (Lipinski definition) is 4. The first-order chi connectivity index (χ1) is 9.60. The number of esters is 1. The zero-order valence-electron chi connectivity index (χ0n) is 10.3. The van der Waals surface area contributed by atoms with E-state index in [9.17, 15) is 31.5 Å². The van der Waals surface area contributed by atoms with Gasteiger partial charge in [0.2, 0.25) is 0 Å². The van der Waals surface area contributed by atoms with Crippen molar-refractivity contribution in [2.24, 2.45) is 0 Å². The molecule has 0 aromatic heterocycles. The molecule has 0 saturated carbocycles. The number of nitrogens with one attached hydrogen (secondary N) is 1. The Labute approximate surface area is 114 Å². The summed E-state index contributed by atoms with van der Waals surface area (Å²) in [5, 5.41) is 1.46. The maximum Gasteiger partial charge on any atom is 0.405 e. The third-order valence-electron chi connectivity index (χ3n) is 2.13. The second kappa shape index (κ2) is 6.37. The van der Waals surface area contributed by atoms with Gasteiger partial charge in [0.25, 0.3) is 5.91 Å². The fourth-order valence-corrected chi connectivity index (χ4v) is 1.20. The lowest BCUT2D eigenvalue weighted by molar-refractivity contribution is -0.140. The van der Waals surface area contributed by atoms with Crippen LogP contribution < -0.4 is 11.1 Å². The van der Waals surface area contributed by atoms with Crippen LogP contribution in [0.15, 0.2) is 12.1 Å². The van der Waals surface area contributed by atoms with E-state index in [4.69, 9.17) is 5.73 Å². The number of carbonyl (C=O) groups is 2. The highest BCUT2D eigenvalue weighted by Gasteiger charge is 2.28. The van der Waals surface area contributed by atoms with Crippen LogP contribution in [0.5, 0.6) is 0 Å². The summed E-state index contributed by atoms with van der Waals surface area (Å²) >= 11 is 0. The van der Waals surface area contributed by atoms with Crippen molar-refractivity contribution in [1.29, 1.82) is 0 Å². The fourth-order valence-electron chi connectivity index (χ4n) is 1.20. The van der Waals surface area contributed by atoms with Crippen molar-refractivity contribution in [3.8, 4) is 0 Å². The number of amides is 1. The smallest absolute Gasteiger partial charge is 0.405 e. The largest absolute Gasteiger partial charge is 0.452 e. The summed E-state index contributed by atoms with van der Waals surface area (Å²) in [6, 6.07) is 0.996. The molecular weight excluding hydrogens is 303 g/mol. The van der Waals surface area contributed by atoms with E-state index in [0.29, 0.717) is 12.1 Å². The van der Waals surface area contributed by atoms with Crippen molar-refractivity contribution in [3.63, 3.8) is 0 Å². The highest BCUT2D eigenvalue weighted by atomic mass is 19.4.